The molecule has 1 atom stereocenters. The first-order valence-corrected chi connectivity index (χ1v) is 8.38. The molecule has 6 heteroatoms. The third-order valence-electron chi connectivity index (χ3n) is 3.57. The van der Waals surface area contributed by atoms with E-state index < -0.39 is 22.0 Å². The minimum atomic E-state index is -3.42. The zero-order valence-corrected chi connectivity index (χ0v) is 12.1. The van der Waals surface area contributed by atoms with Crippen molar-refractivity contribution >= 4 is 16.0 Å². The van der Waals surface area contributed by atoms with E-state index in [4.69, 9.17) is 0 Å². The van der Waals surface area contributed by atoms with Gasteiger partial charge in [0.2, 0.25) is 10.0 Å². The van der Waals surface area contributed by atoms with Crippen LogP contribution in [0.3, 0.4) is 0 Å². The summed E-state index contributed by atoms with van der Waals surface area (Å²) >= 11 is 0. The average Bonchev–Trinajstić information content (AvgIpc) is 2.41. The molecule has 20 heavy (non-hydrogen) atoms. The molecule has 1 aliphatic heterocycles. The lowest BCUT2D eigenvalue weighted by atomic mass is 10.1. The van der Waals surface area contributed by atoms with Gasteiger partial charge in [0.05, 0.1) is 5.75 Å². The maximum Gasteiger partial charge on any atom is 0.322 e. The van der Waals surface area contributed by atoms with E-state index in [0.29, 0.717) is 25.8 Å². The van der Waals surface area contributed by atoms with Gasteiger partial charge < -0.3 is 5.11 Å². The van der Waals surface area contributed by atoms with Gasteiger partial charge in [-0.3, -0.25) is 4.79 Å². The molecule has 0 amide bonds. The van der Waals surface area contributed by atoms with Crippen molar-refractivity contribution in [2.75, 3.05) is 12.3 Å². The molecule has 1 saturated heterocycles. The van der Waals surface area contributed by atoms with Crippen molar-refractivity contribution in [2.24, 2.45) is 0 Å². The lowest BCUT2D eigenvalue weighted by molar-refractivity contribution is -0.141. The predicted octanol–water partition coefficient (Wildman–Crippen LogP) is 1.50. The molecule has 1 aromatic rings. The van der Waals surface area contributed by atoms with Crippen molar-refractivity contribution in [1.82, 2.24) is 4.31 Å². The molecular weight excluding hydrogens is 278 g/mol. The summed E-state index contributed by atoms with van der Waals surface area (Å²) in [7, 11) is -3.42. The van der Waals surface area contributed by atoms with E-state index in [1.54, 1.807) is 0 Å². The molecule has 0 radical (unpaired) electrons. The molecule has 1 fully saturated rings. The topological polar surface area (TPSA) is 74.7 Å². The standard InChI is InChI=1S/C14H19NO4S/c16-14(17)13(9-8-12-6-2-1-3-7-12)15-10-4-5-11-20(15,18)19/h1-3,6-7,13H,4-5,8-11H2,(H,16,17). The average molecular weight is 297 g/mol. The Morgan fingerprint density at radius 1 is 1.25 bits per heavy atom. The van der Waals surface area contributed by atoms with Gasteiger partial charge in [0, 0.05) is 6.54 Å². The van der Waals surface area contributed by atoms with Crippen LogP contribution in [0.15, 0.2) is 30.3 Å². The van der Waals surface area contributed by atoms with Crippen molar-refractivity contribution in [1.29, 1.82) is 0 Å². The molecule has 110 valence electrons. The number of hydrogen-bond donors (Lipinski definition) is 1. The zero-order valence-electron chi connectivity index (χ0n) is 11.2. The normalized spacial score (nSPS) is 20.4. The lowest BCUT2D eigenvalue weighted by Gasteiger charge is -2.31. The Balaban J connectivity index is 2.09. The number of sulfonamides is 1. The number of benzene rings is 1. The Morgan fingerprint density at radius 2 is 1.95 bits per heavy atom. The monoisotopic (exact) mass is 297 g/mol. The quantitative estimate of drug-likeness (QED) is 0.893. The minimum absolute atomic E-state index is 0.0577. The summed E-state index contributed by atoms with van der Waals surface area (Å²) in [5.41, 5.74) is 1.02. The van der Waals surface area contributed by atoms with Crippen LogP contribution < -0.4 is 0 Å². The van der Waals surface area contributed by atoms with Crippen LogP contribution in [0.5, 0.6) is 0 Å². The van der Waals surface area contributed by atoms with Crippen LogP contribution in [0.4, 0.5) is 0 Å². The summed E-state index contributed by atoms with van der Waals surface area (Å²) in [6.07, 6.45) is 2.21. The maximum absolute atomic E-state index is 12.0. The van der Waals surface area contributed by atoms with Gasteiger partial charge in [-0.2, -0.15) is 4.31 Å². The van der Waals surface area contributed by atoms with Crippen molar-refractivity contribution in [3.63, 3.8) is 0 Å². The highest BCUT2D eigenvalue weighted by molar-refractivity contribution is 7.89. The van der Waals surface area contributed by atoms with Gasteiger partial charge in [-0.25, -0.2) is 8.42 Å². The number of carboxylic acids is 1. The highest BCUT2D eigenvalue weighted by Crippen LogP contribution is 2.20. The summed E-state index contributed by atoms with van der Waals surface area (Å²) in [5, 5.41) is 9.33. The van der Waals surface area contributed by atoms with Crippen LogP contribution in [0.1, 0.15) is 24.8 Å². The molecule has 1 heterocycles. The Hall–Kier alpha value is -1.40. The Bertz CT molecular complexity index is 556. The fraction of sp³-hybridized carbons (Fsp3) is 0.500. The Kier molecular flexibility index (Phi) is 4.77. The first kappa shape index (κ1) is 15.0. The molecule has 1 unspecified atom stereocenters. The number of aryl methyl sites for hydroxylation is 1. The fourth-order valence-corrected chi connectivity index (χ4v) is 4.29. The van der Waals surface area contributed by atoms with E-state index in [1.165, 1.54) is 4.31 Å². The van der Waals surface area contributed by atoms with Gasteiger partial charge in [0.25, 0.3) is 0 Å². The molecule has 5 nitrogen and oxygen atoms in total. The maximum atomic E-state index is 12.0. The first-order valence-electron chi connectivity index (χ1n) is 6.77. The molecular formula is C14H19NO4S. The summed E-state index contributed by atoms with van der Waals surface area (Å²) in [6, 6.07) is 8.56. The number of aliphatic carboxylic acids is 1. The number of carbonyl (C=O) groups is 1. The molecule has 0 saturated carbocycles. The summed E-state index contributed by atoms with van der Waals surface area (Å²) in [5.74, 6) is -1.01. The van der Waals surface area contributed by atoms with Gasteiger partial charge in [0.15, 0.2) is 0 Å². The van der Waals surface area contributed by atoms with E-state index in [1.807, 2.05) is 30.3 Å². The molecule has 0 spiro atoms. The van der Waals surface area contributed by atoms with Gasteiger partial charge in [-0.1, -0.05) is 30.3 Å². The van der Waals surface area contributed by atoms with Gasteiger partial charge in [-0.05, 0) is 31.2 Å². The SMILES string of the molecule is O=C(O)C(CCc1ccccc1)N1CCCCS1(=O)=O. The van der Waals surface area contributed by atoms with E-state index in [2.05, 4.69) is 0 Å². The molecule has 0 aliphatic carbocycles. The van der Waals surface area contributed by atoms with Crippen LogP contribution in [-0.4, -0.2) is 42.1 Å². The van der Waals surface area contributed by atoms with E-state index in [0.717, 1.165) is 12.0 Å². The minimum Gasteiger partial charge on any atom is -0.480 e. The molecule has 0 aromatic heterocycles. The molecule has 0 bridgehead atoms. The molecule has 1 N–H and O–H groups in total. The van der Waals surface area contributed by atoms with Crippen LogP contribution in [-0.2, 0) is 21.2 Å². The lowest BCUT2D eigenvalue weighted by Crippen LogP contribution is -2.48. The van der Waals surface area contributed by atoms with Crippen LogP contribution in [0.2, 0.25) is 0 Å². The van der Waals surface area contributed by atoms with E-state index in [9.17, 15) is 18.3 Å². The molecule has 2 rings (SSSR count). The second kappa shape index (κ2) is 6.37. The number of carboxylic acid groups (broad SMARTS) is 1. The second-order valence-electron chi connectivity index (χ2n) is 5.01. The summed E-state index contributed by atoms with van der Waals surface area (Å²) in [6.45, 7) is 0.314. The first-order chi connectivity index (χ1) is 9.50. The summed E-state index contributed by atoms with van der Waals surface area (Å²) < 4.78 is 25.2. The fourth-order valence-electron chi connectivity index (χ4n) is 2.50. The van der Waals surface area contributed by atoms with E-state index in [-0.39, 0.29) is 5.75 Å². The predicted molar refractivity (Wildman–Crippen MR) is 75.9 cm³/mol. The largest absolute Gasteiger partial charge is 0.480 e. The van der Waals surface area contributed by atoms with Crippen molar-refractivity contribution in [3.8, 4) is 0 Å². The van der Waals surface area contributed by atoms with Crippen molar-refractivity contribution < 1.29 is 18.3 Å². The third-order valence-corrected chi connectivity index (χ3v) is 5.53. The van der Waals surface area contributed by atoms with Gasteiger partial charge in [-0.15, -0.1) is 0 Å². The highest BCUT2D eigenvalue weighted by Gasteiger charge is 2.36. The number of nitrogens with zero attached hydrogens (tertiary/aromatic N) is 1. The van der Waals surface area contributed by atoms with Gasteiger partial charge in [0.1, 0.15) is 6.04 Å². The van der Waals surface area contributed by atoms with Gasteiger partial charge >= 0.3 is 5.97 Å². The molecule has 1 aromatic carbocycles. The Labute approximate surface area is 119 Å². The molecule has 1 aliphatic rings. The number of hydrogen-bond acceptors (Lipinski definition) is 3. The van der Waals surface area contributed by atoms with Crippen molar-refractivity contribution in [2.45, 2.75) is 31.7 Å². The number of rotatable bonds is 5. The van der Waals surface area contributed by atoms with E-state index >= 15 is 0 Å². The summed E-state index contributed by atoms with van der Waals surface area (Å²) in [4.78, 5) is 11.4. The second-order valence-corrected chi connectivity index (χ2v) is 7.05. The van der Waals surface area contributed by atoms with Crippen LogP contribution >= 0.6 is 0 Å². The van der Waals surface area contributed by atoms with Crippen LogP contribution in [0, 0.1) is 0 Å². The van der Waals surface area contributed by atoms with Crippen molar-refractivity contribution in [3.05, 3.63) is 35.9 Å². The Morgan fingerprint density at radius 3 is 2.55 bits per heavy atom. The highest BCUT2D eigenvalue weighted by atomic mass is 32.2. The smallest absolute Gasteiger partial charge is 0.322 e. The zero-order chi connectivity index (χ0) is 14.6. The van der Waals surface area contributed by atoms with Crippen LogP contribution in [0.25, 0.3) is 0 Å². The third kappa shape index (κ3) is 3.58.